The molecule has 0 aromatic heterocycles. The number of carbonyl (C=O) groups is 2. The third kappa shape index (κ3) is 33.3. The van der Waals surface area contributed by atoms with E-state index < -0.39 is 6.10 Å². The monoisotopic (exact) mass is 583 g/mol. The third-order valence-electron chi connectivity index (χ3n) is 7.95. The van der Waals surface area contributed by atoms with Crippen molar-refractivity contribution in [2.75, 3.05) is 13.2 Å². The lowest BCUT2D eigenvalue weighted by atomic mass is 10.0. The molecule has 5 nitrogen and oxygen atoms in total. The van der Waals surface area contributed by atoms with Gasteiger partial charge in [0.2, 0.25) is 0 Å². The van der Waals surface area contributed by atoms with Crippen LogP contribution in [0.2, 0.25) is 0 Å². The predicted octanol–water partition coefficient (Wildman–Crippen LogP) is 10.5. The summed E-state index contributed by atoms with van der Waals surface area (Å²) in [5.74, 6) is 1.09. The van der Waals surface area contributed by atoms with Crippen LogP contribution in [0, 0.1) is 11.8 Å². The summed E-state index contributed by atoms with van der Waals surface area (Å²) in [4.78, 5) is 23.8. The van der Waals surface area contributed by atoms with E-state index in [1.165, 1.54) is 116 Å². The van der Waals surface area contributed by atoms with Crippen molar-refractivity contribution >= 4 is 11.9 Å². The molecule has 244 valence electrons. The topological polar surface area (TPSA) is 72.8 Å². The maximum absolute atomic E-state index is 11.9. The van der Waals surface area contributed by atoms with Gasteiger partial charge in [0.05, 0.1) is 0 Å². The first-order valence-electron chi connectivity index (χ1n) is 17.8. The lowest BCUT2D eigenvalue weighted by Crippen LogP contribution is -2.25. The van der Waals surface area contributed by atoms with Crippen molar-refractivity contribution in [3.8, 4) is 0 Å². The Bertz CT molecular complexity index is 574. The van der Waals surface area contributed by atoms with Gasteiger partial charge in [-0.3, -0.25) is 9.59 Å². The number of hydrogen-bond acceptors (Lipinski definition) is 5. The zero-order chi connectivity index (χ0) is 30.4. The highest BCUT2D eigenvalue weighted by molar-refractivity contribution is 5.69. The van der Waals surface area contributed by atoms with E-state index in [9.17, 15) is 14.7 Å². The Morgan fingerprint density at radius 3 is 0.951 bits per heavy atom. The van der Waals surface area contributed by atoms with Gasteiger partial charge in [0.1, 0.15) is 19.3 Å². The molecule has 0 saturated heterocycles. The van der Waals surface area contributed by atoms with Crippen molar-refractivity contribution in [1.82, 2.24) is 0 Å². The molecule has 1 N–H and O–H groups in total. The van der Waals surface area contributed by atoms with Crippen molar-refractivity contribution in [1.29, 1.82) is 0 Å². The van der Waals surface area contributed by atoms with Gasteiger partial charge < -0.3 is 14.6 Å². The first kappa shape index (κ1) is 39.9. The van der Waals surface area contributed by atoms with E-state index in [-0.39, 0.29) is 25.2 Å². The SMILES string of the molecule is CC(C)CCCCCCCCCCCCCCCCC(=O)OC[C@H](O)COC(=O)CCCCCCCCCC(C)C. The van der Waals surface area contributed by atoms with Gasteiger partial charge in [-0.2, -0.15) is 0 Å². The Morgan fingerprint density at radius 1 is 0.439 bits per heavy atom. The molecule has 0 aliphatic rings. The molecule has 0 aliphatic heterocycles. The van der Waals surface area contributed by atoms with Gasteiger partial charge in [-0.25, -0.2) is 0 Å². The molecule has 0 rings (SSSR count). The lowest BCUT2D eigenvalue weighted by molar-refractivity contribution is -0.152. The van der Waals surface area contributed by atoms with Gasteiger partial charge >= 0.3 is 11.9 Å². The minimum absolute atomic E-state index is 0.110. The average molecular weight is 583 g/mol. The lowest BCUT2D eigenvalue weighted by Gasteiger charge is -2.12. The van der Waals surface area contributed by atoms with Crippen LogP contribution in [0.3, 0.4) is 0 Å². The maximum atomic E-state index is 11.9. The molecule has 41 heavy (non-hydrogen) atoms. The predicted molar refractivity (Wildman–Crippen MR) is 173 cm³/mol. The fourth-order valence-corrected chi connectivity index (χ4v) is 5.22. The van der Waals surface area contributed by atoms with Crippen molar-refractivity contribution in [2.24, 2.45) is 11.8 Å². The smallest absolute Gasteiger partial charge is 0.305 e. The zero-order valence-corrected chi connectivity index (χ0v) is 27.9. The average Bonchev–Trinajstić information content (AvgIpc) is 2.93. The van der Waals surface area contributed by atoms with E-state index in [0.29, 0.717) is 12.8 Å². The Hall–Kier alpha value is -1.10. The standard InChI is InChI=1S/C36H70O5/c1-32(2)26-22-18-14-11-9-7-5-6-8-10-12-16-20-24-28-35(38)40-30-34(37)31-41-36(39)29-25-21-17-13-15-19-23-27-33(3)4/h32-34,37H,5-31H2,1-4H3/t34-/m0/s1. The summed E-state index contributed by atoms with van der Waals surface area (Å²) in [5.41, 5.74) is 0. The van der Waals surface area contributed by atoms with Gasteiger partial charge in [0.15, 0.2) is 0 Å². The summed E-state index contributed by atoms with van der Waals surface area (Å²) in [6, 6.07) is 0. The van der Waals surface area contributed by atoms with Crippen LogP contribution in [-0.2, 0) is 19.1 Å². The number of aliphatic hydroxyl groups excluding tert-OH is 1. The molecule has 0 aromatic carbocycles. The molecule has 0 radical (unpaired) electrons. The molecule has 0 bridgehead atoms. The molecular weight excluding hydrogens is 512 g/mol. The number of hydrogen-bond donors (Lipinski definition) is 1. The molecule has 0 saturated carbocycles. The fraction of sp³-hybridized carbons (Fsp3) is 0.944. The summed E-state index contributed by atoms with van der Waals surface area (Å²) in [5, 5.41) is 9.96. The molecule has 0 aromatic rings. The minimum atomic E-state index is -0.955. The number of esters is 2. The van der Waals surface area contributed by atoms with E-state index in [1.807, 2.05) is 0 Å². The zero-order valence-electron chi connectivity index (χ0n) is 27.9. The van der Waals surface area contributed by atoms with Gasteiger partial charge in [-0.05, 0) is 24.7 Å². The number of carbonyl (C=O) groups excluding carboxylic acids is 2. The highest BCUT2D eigenvalue weighted by atomic mass is 16.6. The molecule has 0 amide bonds. The van der Waals surface area contributed by atoms with Crippen LogP contribution in [0.25, 0.3) is 0 Å². The first-order chi connectivity index (χ1) is 19.8. The van der Waals surface area contributed by atoms with Gasteiger partial charge in [0.25, 0.3) is 0 Å². The molecule has 0 unspecified atom stereocenters. The Balaban J connectivity index is 3.39. The van der Waals surface area contributed by atoms with E-state index in [4.69, 9.17) is 9.47 Å². The summed E-state index contributed by atoms with van der Waals surface area (Å²) < 4.78 is 10.3. The summed E-state index contributed by atoms with van der Waals surface area (Å²) in [6.45, 7) is 8.95. The molecule has 0 heterocycles. The molecule has 5 heteroatoms. The van der Waals surface area contributed by atoms with Gasteiger partial charge in [0, 0.05) is 12.8 Å². The van der Waals surface area contributed by atoms with Gasteiger partial charge in [-0.1, -0.05) is 163 Å². The van der Waals surface area contributed by atoms with E-state index in [0.717, 1.165) is 43.9 Å². The maximum Gasteiger partial charge on any atom is 0.305 e. The van der Waals surface area contributed by atoms with Crippen LogP contribution in [0.4, 0.5) is 0 Å². The normalized spacial score (nSPS) is 12.3. The largest absolute Gasteiger partial charge is 0.463 e. The summed E-state index contributed by atoms with van der Waals surface area (Å²) in [7, 11) is 0. The molecular formula is C36H70O5. The van der Waals surface area contributed by atoms with Crippen molar-refractivity contribution in [2.45, 2.75) is 194 Å². The van der Waals surface area contributed by atoms with Crippen molar-refractivity contribution < 1.29 is 24.2 Å². The Morgan fingerprint density at radius 2 is 0.683 bits per heavy atom. The molecule has 0 spiro atoms. The second kappa shape index (κ2) is 30.4. The molecule has 0 fully saturated rings. The summed E-state index contributed by atoms with van der Waals surface area (Å²) >= 11 is 0. The highest BCUT2D eigenvalue weighted by Gasteiger charge is 2.12. The minimum Gasteiger partial charge on any atom is -0.463 e. The van der Waals surface area contributed by atoms with Crippen LogP contribution in [0.5, 0.6) is 0 Å². The van der Waals surface area contributed by atoms with Crippen molar-refractivity contribution in [3.63, 3.8) is 0 Å². The highest BCUT2D eigenvalue weighted by Crippen LogP contribution is 2.15. The van der Waals surface area contributed by atoms with E-state index >= 15 is 0 Å². The molecule has 0 aliphatic carbocycles. The quantitative estimate of drug-likeness (QED) is 0.0650. The Kier molecular flexibility index (Phi) is 29.5. The number of unbranched alkanes of at least 4 members (excludes halogenated alkanes) is 19. The number of aliphatic hydroxyl groups is 1. The second-order valence-corrected chi connectivity index (χ2v) is 13.3. The van der Waals surface area contributed by atoms with Gasteiger partial charge in [-0.15, -0.1) is 0 Å². The first-order valence-corrected chi connectivity index (χ1v) is 17.8. The van der Waals surface area contributed by atoms with E-state index in [1.54, 1.807) is 0 Å². The van der Waals surface area contributed by atoms with E-state index in [2.05, 4.69) is 27.7 Å². The van der Waals surface area contributed by atoms with Crippen LogP contribution in [-0.4, -0.2) is 36.4 Å². The third-order valence-corrected chi connectivity index (χ3v) is 7.95. The molecule has 1 atom stereocenters. The Labute approximate surface area is 255 Å². The fourth-order valence-electron chi connectivity index (χ4n) is 5.22. The summed E-state index contributed by atoms with van der Waals surface area (Å²) in [6.07, 6.45) is 28.8. The van der Waals surface area contributed by atoms with Crippen LogP contribution in [0.1, 0.15) is 188 Å². The van der Waals surface area contributed by atoms with Crippen LogP contribution < -0.4 is 0 Å². The van der Waals surface area contributed by atoms with Crippen molar-refractivity contribution in [3.05, 3.63) is 0 Å². The second-order valence-electron chi connectivity index (χ2n) is 13.3. The number of ether oxygens (including phenoxy) is 2. The van der Waals surface area contributed by atoms with Crippen LogP contribution in [0.15, 0.2) is 0 Å². The van der Waals surface area contributed by atoms with Crippen LogP contribution >= 0.6 is 0 Å². The number of rotatable bonds is 31.